The van der Waals surface area contributed by atoms with Crippen molar-refractivity contribution in [1.29, 1.82) is 0 Å². The number of nitrogens with zero attached hydrogens (tertiary/aromatic N) is 1. The maximum atomic E-state index is 6.15. The van der Waals surface area contributed by atoms with Gasteiger partial charge in [0.2, 0.25) is 0 Å². The highest BCUT2D eigenvalue weighted by atomic mass is 15.2. The molecule has 0 bridgehead atoms. The number of hydrogen-bond acceptors (Lipinski definition) is 2. The summed E-state index contributed by atoms with van der Waals surface area (Å²) in [5.74, 6) is 0. The molecule has 1 heterocycles. The lowest BCUT2D eigenvalue weighted by Gasteiger charge is -2.52. The Labute approximate surface area is 101 Å². The zero-order valence-electron chi connectivity index (χ0n) is 11.1. The van der Waals surface area contributed by atoms with Crippen LogP contribution < -0.4 is 5.73 Å². The van der Waals surface area contributed by atoms with Crippen LogP contribution in [0.25, 0.3) is 0 Å². The average Bonchev–Trinajstić information content (AvgIpc) is 2.29. The highest BCUT2D eigenvalue weighted by Crippen LogP contribution is 2.44. The summed E-state index contributed by atoms with van der Waals surface area (Å²) in [6, 6.07) is 0. The maximum Gasteiger partial charge on any atom is 0.0336 e. The summed E-state index contributed by atoms with van der Waals surface area (Å²) in [5.41, 5.74) is 6.98. The number of piperidine rings is 1. The Morgan fingerprint density at radius 1 is 1.00 bits per heavy atom. The molecule has 2 nitrogen and oxygen atoms in total. The molecule has 0 aromatic heterocycles. The summed E-state index contributed by atoms with van der Waals surface area (Å²) >= 11 is 0. The van der Waals surface area contributed by atoms with E-state index in [0.29, 0.717) is 11.0 Å². The minimum atomic E-state index is 0.335. The van der Waals surface area contributed by atoms with Crippen LogP contribution in [0.3, 0.4) is 0 Å². The zero-order chi connectivity index (χ0) is 11.6. The van der Waals surface area contributed by atoms with Gasteiger partial charge in [0.15, 0.2) is 0 Å². The molecule has 0 amide bonds. The Hall–Kier alpha value is -0.0800. The van der Waals surface area contributed by atoms with Crippen LogP contribution in [0, 0.1) is 5.41 Å². The monoisotopic (exact) mass is 224 g/mol. The molecule has 2 aliphatic rings. The molecule has 1 atom stereocenters. The average molecular weight is 224 g/mol. The van der Waals surface area contributed by atoms with Crippen LogP contribution in [0.1, 0.15) is 58.8 Å². The SMILES string of the molecule is CC1(C)CCCC(CN)(N2CCCCC2)C1. The van der Waals surface area contributed by atoms with E-state index in [1.165, 1.54) is 58.0 Å². The summed E-state index contributed by atoms with van der Waals surface area (Å²) in [5, 5.41) is 0. The van der Waals surface area contributed by atoms with E-state index in [2.05, 4.69) is 18.7 Å². The summed E-state index contributed by atoms with van der Waals surface area (Å²) in [7, 11) is 0. The van der Waals surface area contributed by atoms with Crippen LogP contribution in [-0.2, 0) is 0 Å². The summed E-state index contributed by atoms with van der Waals surface area (Å²) in [6.45, 7) is 8.26. The molecule has 0 radical (unpaired) electrons. The largest absolute Gasteiger partial charge is 0.329 e. The van der Waals surface area contributed by atoms with Crippen LogP contribution in [0.2, 0.25) is 0 Å². The van der Waals surface area contributed by atoms with Crippen molar-refractivity contribution in [3.05, 3.63) is 0 Å². The molecule has 1 aliphatic carbocycles. The Morgan fingerprint density at radius 2 is 1.69 bits per heavy atom. The Balaban J connectivity index is 2.10. The highest BCUT2D eigenvalue weighted by Gasteiger charge is 2.43. The Bertz CT molecular complexity index is 231. The first-order valence-electron chi connectivity index (χ1n) is 7.03. The zero-order valence-corrected chi connectivity index (χ0v) is 11.1. The molecule has 2 heteroatoms. The van der Waals surface area contributed by atoms with E-state index in [0.717, 1.165) is 6.54 Å². The van der Waals surface area contributed by atoms with E-state index in [4.69, 9.17) is 5.73 Å². The van der Waals surface area contributed by atoms with E-state index < -0.39 is 0 Å². The first-order chi connectivity index (χ1) is 7.58. The van der Waals surface area contributed by atoms with E-state index in [1.807, 2.05) is 0 Å². The normalized spacial score (nSPS) is 36.2. The van der Waals surface area contributed by atoms with Gasteiger partial charge in [0.25, 0.3) is 0 Å². The molecular formula is C14H28N2. The van der Waals surface area contributed by atoms with Crippen molar-refractivity contribution >= 4 is 0 Å². The van der Waals surface area contributed by atoms with Gasteiger partial charge in [-0.05, 0) is 50.6 Å². The van der Waals surface area contributed by atoms with Gasteiger partial charge in [0.1, 0.15) is 0 Å². The molecule has 1 saturated heterocycles. The van der Waals surface area contributed by atoms with Crippen LogP contribution >= 0.6 is 0 Å². The third-order valence-electron chi connectivity index (χ3n) is 4.71. The molecule has 16 heavy (non-hydrogen) atoms. The van der Waals surface area contributed by atoms with Crippen molar-refractivity contribution < 1.29 is 0 Å². The second-order valence-corrected chi connectivity index (χ2v) is 6.67. The Morgan fingerprint density at radius 3 is 2.25 bits per heavy atom. The van der Waals surface area contributed by atoms with Gasteiger partial charge in [-0.2, -0.15) is 0 Å². The molecule has 1 aliphatic heterocycles. The number of nitrogens with two attached hydrogens (primary N) is 1. The smallest absolute Gasteiger partial charge is 0.0336 e. The first kappa shape index (κ1) is 12.4. The lowest BCUT2D eigenvalue weighted by molar-refractivity contribution is -0.00151. The van der Waals surface area contributed by atoms with Crippen molar-refractivity contribution in [2.75, 3.05) is 19.6 Å². The number of hydrogen-bond donors (Lipinski definition) is 1. The molecule has 2 fully saturated rings. The molecule has 2 rings (SSSR count). The summed E-state index contributed by atoms with van der Waals surface area (Å²) < 4.78 is 0. The fourth-order valence-corrected chi connectivity index (χ4v) is 3.91. The molecule has 1 saturated carbocycles. The maximum absolute atomic E-state index is 6.15. The fourth-order valence-electron chi connectivity index (χ4n) is 3.91. The van der Waals surface area contributed by atoms with E-state index >= 15 is 0 Å². The Kier molecular flexibility index (Phi) is 3.60. The highest BCUT2D eigenvalue weighted by molar-refractivity contribution is 4.99. The first-order valence-corrected chi connectivity index (χ1v) is 7.03. The lowest BCUT2D eigenvalue weighted by Crippen LogP contribution is -2.58. The van der Waals surface area contributed by atoms with Gasteiger partial charge in [0, 0.05) is 12.1 Å². The minimum absolute atomic E-state index is 0.335. The summed E-state index contributed by atoms with van der Waals surface area (Å²) in [6.07, 6.45) is 9.54. The van der Waals surface area contributed by atoms with Crippen molar-refractivity contribution in [2.24, 2.45) is 11.1 Å². The van der Waals surface area contributed by atoms with Gasteiger partial charge in [-0.1, -0.05) is 26.7 Å². The third-order valence-corrected chi connectivity index (χ3v) is 4.71. The predicted octanol–water partition coefficient (Wildman–Crippen LogP) is 2.77. The van der Waals surface area contributed by atoms with Crippen molar-refractivity contribution in [1.82, 2.24) is 4.90 Å². The van der Waals surface area contributed by atoms with Crippen molar-refractivity contribution in [3.63, 3.8) is 0 Å². The fraction of sp³-hybridized carbons (Fsp3) is 1.00. The van der Waals surface area contributed by atoms with Gasteiger partial charge in [-0.15, -0.1) is 0 Å². The van der Waals surface area contributed by atoms with Gasteiger partial charge in [0.05, 0.1) is 0 Å². The van der Waals surface area contributed by atoms with E-state index in [9.17, 15) is 0 Å². The lowest BCUT2D eigenvalue weighted by atomic mass is 9.67. The molecule has 1 unspecified atom stereocenters. The standard InChI is InChI=1S/C14H28N2/c1-13(2)7-6-8-14(11-13,12-15)16-9-4-3-5-10-16/h3-12,15H2,1-2H3. The van der Waals surface area contributed by atoms with E-state index in [1.54, 1.807) is 0 Å². The van der Waals surface area contributed by atoms with Crippen LogP contribution in [0.15, 0.2) is 0 Å². The van der Waals surface area contributed by atoms with Gasteiger partial charge in [-0.3, -0.25) is 4.90 Å². The van der Waals surface area contributed by atoms with Crippen LogP contribution in [0.5, 0.6) is 0 Å². The molecule has 0 aromatic carbocycles. The van der Waals surface area contributed by atoms with Gasteiger partial charge < -0.3 is 5.73 Å². The molecule has 0 spiro atoms. The second kappa shape index (κ2) is 4.66. The van der Waals surface area contributed by atoms with Crippen LogP contribution in [0.4, 0.5) is 0 Å². The quantitative estimate of drug-likeness (QED) is 0.781. The predicted molar refractivity (Wildman–Crippen MR) is 69.5 cm³/mol. The molecule has 2 N–H and O–H groups in total. The van der Waals surface area contributed by atoms with Crippen molar-refractivity contribution in [2.45, 2.75) is 64.3 Å². The van der Waals surface area contributed by atoms with Gasteiger partial charge >= 0.3 is 0 Å². The number of rotatable bonds is 2. The second-order valence-electron chi connectivity index (χ2n) is 6.67. The van der Waals surface area contributed by atoms with Crippen molar-refractivity contribution in [3.8, 4) is 0 Å². The molecular weight excluding hydrogens is 196 g/mol. The van der Waals surface area contributed by atoms with E-state index in [-0.39, 0.29) is 0 Å². The topological polar surface area (TPSA) is 29.3 Å². The van der Waals surface area contributed by atoms with Crippen LogP contribution in [-0.4, -0.2) is 30.1 Å². The van der Waals surface area contributed by atoms with Gasteiger partial charge in [-0.25, -0.2) is 0 Å². The summed E-state index contributed by atoms with van der Waals surface area (Å²) in [4.78, 5) is 2.72. The molecule has 0 aromatic rings. The number of likely N-dealkylation sites (tertiary alicyclic amines) is 1. The minimum Gasteiger partial charge on any atom is -0.329 e. The molecule has 94 valence electrons. The third kappa shape index (κ3) is 2.43.